The highest BCUT2D eigenvalue weighted by Gasteiger charge is 2.63. The fourth-order valence-corrected chi connectivity index (χ4v) is 5.56. The SMILES string of the molecule is CN(C)C(=O)c1ccc(OCCC[C@H]2CC23CCN(C(=O)[C@](O)(c2ccccc2)C(F)(F)F)CC3)nc1Cl. The number of benzene rings is 1. The van der Waals surface area contributed by atoms with Crippen molar-refractivity contribution in [2.24, 2.45) is 11.3 Å². The van der Waals surface area contributed by atoms with Crippen LogP contribution in [0.2, 0.25) is 5.15 Å². The molecule has 0 radical (unpaired) electrons. The van der Waals surface area contributed by atoms with E-state index in [-0.39, 0.29) is 29.6 Å². The number of aromatic nitrogens is 1. The van der Waals surface area contributed by atoms with Crippen LogP contribution in [0.3, 0.4) is 0 Å². The number of ether oxygens (including phenoxy) is 1. The summed E-state index contributed by atoms with van der Waals surface area (Å²) >= 11 is 6.12. The number of nitrogens with zero attached hydrogens (tertiary/aromatic N) is 3. The standard InChI is InChI=1S/C27H31ClF3N3O4/c1-33(2)23(35)20-10-11-21(32-22(20)28)38-16-6-9-19-17-25(19)12-14-34(15-13-25)24(36)26(37,27(29,30)31)18-7-4-3-5-8-18/h3-5,7-8,10-11,19,37H,6,9,12-17H2,1-2H3/t19-,26+/m0/s1. The molecule has 7 nitrogen and oxygen atoms in total. The lowest BCUT2D eigenvalue weighted by atomic mass is 9.86. The summed E-state index contributed by atoms with van der Waals surface area (Å²) in [5.74, 6) is -0.820. The maximum Gasteiger partial charge on any atom is 0.430 e. The number of carbonyl (C=O) groups excluding carboxylic acids is 2. The van der Waals surface area contributed by atoms with Crippen molar-refractivity contribution in [3.63, 3.8) is 0 Å². The van der Waals surface area contributed by atoms with Crippen LogP contribution in [0.4, 0.5) is 13.2 Å². The maximum atomic E-state index is 13.9. The Balaban J connectivity index is 1.26. The first-order valence-electron chi connectivity index (χ1n) is 12.5. The van der Waals surface area contributed by atoms with E-state index < -0.39 is 23.2 Å². The number of hydrogen-bond acceptors (Lipinski definition) is 5. The summed E-state index contributed by atoms with van der Waals surface area (Å²) in [6, 6.07) is 9.70. The molecule has 1 saturated carbocycles. The van der Waals surface area contributed by atoms with E-state index in [9.17, 15) is 27.9 Å². The summed E-state index contributed by atoms with van der Waals surface area (Å²) in [6.45, 7) is 0.770. The molecule has 1 aromatic heterocycles. The molecule has 2 aliphatic rings. The number of carbonyl (C=O) groups is 2. The highest BCUT2D eigenvalue weighted by Crippen LogP contribution is 2.61. The second-order valence-corrected chi connectivity index (χ2v) is 10.7. The lowest BCUT2D eigenvalue weighted by Gasteiger charge is -2.39. The normalized spacial score (nSPS) is 20.1. The van der Waals surface area contributed by atoms with E-state index in [4.69, 9.17) is 16.3 Å². The molecule has 1 N–H and O–H groups in total. The van der Waals surface area contributed by atoms with E-state index in [0.717, 1.165) is 36.3 Å². The van der Waals surface area contributed by atoms with Gasteiger partial charge in [0.1, 0.15) is 5.15 Å². The smallest absolute Gasteiger partial charge is 0.430 e. The Bertz CT molecular complexity index is 1170. The summed E-state index contributed by atoms with van der Waals surface area (Å²) in [7, 11) is 3.25. The molecule has 2 heterocycles. The second kappa shape index (κ2) is 10.7. The number of rotatable bonds is 8. The molecule has 0 bridgehead atoms. The van der Waals surface area contributed by atoms with Gasteiger partial charge in [-0.3, -0.25) is 9.59 Å². The van der Waals surface area contributed by atoms with Crippen LogP contribution in [0, 0.1) is 11.3 Å². The van der Waals surface area contributed by atoms with E-state index in [2.05, 4.69) is 4.98 Å². The van der Waals surface area contributed by atoms with Crippen molar-refractivity contribution < 1.29 is 32.6 Å². The molecule has 2 amide bonds. The quantitative estimate of drug-likeness (QED) is 0.379. The van der Waals surface area contributed by atoms with Crippen LogP contribution in [0.1, 0.15) is 48.0 Å². The Morgan fingerprint density at radius 2 is 1.82 bits per heavy atom. The van der Waals surface area contributed by atoms with Gasteiger partial charge in [0.15, 0.2) is 0 Å². The Morgan fingerprint density at radius 3 is 2.39 bits per heavy atom. The molecule has 206 valence electrons. The molecule has 4 rings (SSSR count). The monoisotopic (exact) mass is 553 g/mol. The minimum atomic E-state index is -5.13. The van der Waals surface area contributed by atoms with Crippen molar-refractivity contribution in [3.8, 4) is 5.88 Å². The zero-order chi connectivity index (χ0) is 27.7. The molecule has 1 spiro atoms. The van der Waals surface area contributed by atoms with Crippen LogP contribution in [0.25, 0.3) is 0 Å². The van der Waals surface area contributed by atoms with Gasteiger partial charge < -0.3 is 19.6 Å². The largest absolute Gasteiger partial charge is 0.478 e. The van der Waals surface area contributed by atoms with E-state index in [1.807, 2.05) is 0 Å². The van der Waals surface area contributed by atoms with Gasteiger partial charge in [-0.25, -0.2) is 4.98 Å². The van der Waals surface area contributed by atoms with Crippen LogP contribution in [0.15, 0.2) is 42.5 Å². The molecule has 1 aromatic carbocycles. The second-order valence-electron chi connectivity index (χ2n) is 10.3. The highest BCUT2D eigenvalue weighted by molar-refractivity contribution is 6.32. The van der Waals surface area contributed by atoms with Crippen LogP contribution >= 0.6 is 11.6 Å². The molecule has 1 aliphatic heterocycles. The van der Waals surface area contributed by atoms with Gasteiger partial charge in [0.25, 0.3) is 17.4 Å². The number of likely N-dealkylation sites (tertiary alicyclic amines) is 1. The number of alkyl halides is 3. The van der Waals surface area contributed by atoms with E-state index >= 15 is 0 Å². The summed E-state index contributed by atoms with van der Waals surface area (Å²) in [4.78, 5) is 31.7. The van der Waals surface area contributed by atoms with Crippen LogP contribution < -0.4 is 4.74 Å². The van der Waals surface area contributed by atoms with Crippen LogP contribution in [0.5, 0.6) is 5.88 Å². The van der Waals surface area contributed by atoms with Gasteiger partial charge in [0, 0.05) is 38.8 Å². The van der Waals surface area contributed by atoms with Gasteiger partial charge in [0.05, 0.1) is 12.2 Å². The number of aliphatic hydroxyl groups is 1. The number of amides is 2. The summed E-state index contributed by atoms with van der Waals surface area (Å²) < 4.78 is 47.4. The number of pyridine rings is 1. The number of hydrogen-bond donors (Lipinski definition) is 1. The fraction of sp³-hybridized carbons (Fsp3) is 0.519. The zero-order valence-corrected chi connectivity index (χ0v) is 22.1. The minimum Gasteiger partial charge on any atom is -0.478 e. The average molecular weight is 554 g/mol. The van der Waals surface area contributed by atoms with E-state index in [1.54, 1.807) is 26.2 Å². The average Bonchev–Trinajstić information content (AvgIpc) is 3.56. The van der Waals surface area contributed by atoms with Crippen molar-refractivity contribution in [2.45, 2.75) is 43.9 Å². The third-order valence-corrected chi connectivity index (χ3v) is 8.01. The topological polar surface area (TPSA) is 83.0 Å². The van der Waals surface area contributed by atoms with Crippen LogP contribution in [-0.4, -0.2) is 71.7 Å². The lowest BCUT2D eigenvalue weighted by Crippen LogP contribution is -2.57. The van der Waals surface area contributed by atoms with Crippen LogP contribution in [-0.2, 0) is 10.4 Å². The minimum absolute atomic E-state index is 0.0234. The van der Waals surface area contributed by atoms with Gasteiger partial charge in [-0.15, -0.1) is 0 Å². The Hall–Kier alpha value is -2.85. The molecule has 38 heavy (non-hydrogen) atoms. The fourth-order valence-electron chi connectivity index (χ4n) is 5.33. The number of piperidine rings is 1. The first-order valence-corrected chi connectivity index (χ1v) is 12.9. The van der Waals surface area contributed by atoms with Gasteiger partial charge in [-0.1, -0.05) is 41.9 Å². The van der Waals surface area contributed by atoms with Crippen molar-refractivity contribution in [2.75, 3.05) is 33.8 Å². The van der Waals surface area contributed by atoms with Crippen molar-refractivity contribution in [1.82, 2.24) is 14.8 Å². The third kappa shape index (κ3) is 5.47. The van der Waals surface area contributed by atoms with E-state index in [0.29, 0.717) is 36.8 Å². The van der Waals surface area contributed by atoms with Crippen molar-refractivity contribution in [1.29, 1.82) is 0 Å². The molecule has 0 unspecified atom stereocenters. The first-order chi connectivity index (χ1) is 17.9. The first kappa shape index (κ1) is 28.2. The predicted molar refractivity (Wildman–Crippen MR) is 135 cm³/mol. The maximum absolute atomic E-state index is 13.9. The molecule has 11 heteroatoms. The zero-order valence-electron chi connectivity index (χ0n) is 21.3. The molecule has 2 atom stereocenters. The third-order valence-electron chi connectivity index (χ3n) is 7.72. The Morgan fingerprint density at radius 1 is 1.16 bits per heavy atom. The highest BCUT2D eigenvalue weighted by atomic mass is 35.5. The summed E-state index contributed by atoms with van der Waals surface area (Å²) in [5.41, 5.74) is -3.72. The van der Waals surface area contributed by atoms with Gasteiger partial charge in [0.2, 0.25) is 5.88 Å². The van der Waals surface area contributed by atoms with Gasteiger partial charge >= 0.3 is 6.18 Å². The molecular formula is C27H31ClF3N3O4. The van der Waals surface area contributed by atoms with E-state index in [1.165, 1.54) is 23.1 Å². The number of halogens is 4. The molecule has 1 saturated heterocycles. The molecular weight excluding hydrogens is 523 g/mol. The van der Waals surface area contributed by atoms with Crippen molar-refractivity contribution >= 4 is 23.4 Å². The molecule has 2 aromatic rings. The van der Waals surface area contributed by atoms with Gasteiger partial charge in [-0.05, 0) is 49.5 Å². The lowest BCUT2D eigenvalue weighted by molar-refractivity contribution is -0.262. The summed E-state index contributed by atoms with van der Waals surface area (Å²) in [5, 5.41) is 10.7. The van der Waals surface area contributed by atoms with Crippen molar-refractivity contribution in [3.05, 3.63) is 58.7 Å². The Kier molecular flexibility index (Phi) is 7.95. The van der Waals surface area contributed by atoms with Gasteiger partial charge in [-0.2, -0.15) is 13.2 Å². The summed E-state index contributed by atoms with van der Waals surface area (Å²) in [6.07, 6.45) is -1.33. The predicted octanol–water partition coefficient (Wildman–Crippen LogP) is 4.67. The molecule has 1 aliphatic carbocycles. The molecule has 2 fully saturated rings. The Labute approximate surface area is 224 Å².